The number of ether oxygens (including phenoxy) is 2. The molecule has 1 fully saturated rings. The van der Waals surface area contributed by atoms with E-state index >= 15 is 0 Å². The molecule has 1 rings (SSSR count). The summed E-state index contributed by atoms with van der Waals surface area (Å²) in [5, 5.41) is 0. The van der Waals surface area contributed by atoms with Crippen molar-refractivity contribution in [2.45, 2.75) is 118 Å². The Morgan fingerprint density at radius 3 is 1.96 bits per heavy atom. The van der Waals surface area contributed by atoms with Crippen LogP contribution in [0, 0.1) is 10.8 Å². The van der Waals surface area contributed by atoms with Gasteiger partial charge in [-0.1, -0.05) is 72.6 Å². The third kappa shape index (κ3) is 11.7. The van der Waals surface area contributed by atoms with E-state index in [-0.39, 0.29) is 22.8 Å². The number of carbonyl (C=O) groups is 2. The second kappa shape index (κ2) is 13.2. The average molecular weight is 397 g/mol. The van der Waals surface area contributed by atoms with Gasteiger partial charge in [-0.3, -0.25) is 9.59 Å². The normalized spacial score (nSPS) is 16.6. The average Bonchev–Trinajstić information content (AvgIpc) is 2.65. The van der Waals surface area contributed by atoms with Crippen molar-refractivity contribution in [3.05, 3.63) is 0 Å². The van der Waals surface area contributed by atoms with Gasteiger partial charge < -0.3 is 9.47 Å². The molecular formula is C24H44O4. The maximum absolute atomic E-state index is 11.9. The molecule has 0 aromatic heterocycles. The minimum Gasteiger partial charge on any atom is -0.465 e. The van der Waals surface area contributed by atoms with Crippen molar-refractivity contribution in [3.63, 3.8) is 0 Å². The highest BCUT2D eigenvalue weighted by Gasteiger charge is 2.28. The topological polar surface area (TPSA) is 52.6 Å². The summed E-state index contributed by atoms with van der Waals surface area (Å²) >= 11 is 0. The summed E-state index contributed by atoms with van der Waals surface area (Å²) in [6.07, 6.45) is 14.2. The second-order valence-electron chi connectivity index (χ2n) is 9.87. The predicted octanol–water partition coefficient (Wildman–Crippen LogP) is 6.60. The van der Waals surface area contributed by atoms with Crippen LogP contribution in [0.4, 0.5) is 0 Å². The van der Waals surface area contributed by atoms with Crippen molar-refractivity contribution in [2.24, 2.45) is 10.8 Å². The van der Waals surface area contributed by atoms with Crippen LogP contribution in [-0.2, 0) is 19.1 Å². The number of esters is 2. The van der Waals surface area contributed by atoms with Gasteiger partial charge in [0.25, 0.3) is 0 Å². The van der Waals surface area contributed by atoms with Crippen LogP contribution in [0.25, 0.3) is 0 Å². The van der Waals surface area contributed by atoms with Crippen LogP contribution in [0.1, 0.15) is 118 Å². The van der Waals surface area contributed by atoms with Gasteiger partial charge in [0.05, 0.1) is 13.2 Å². The highest BCUT2D eigenvalue weighted by Crippen LogP contribution is 2.35. The van der Waals surface area contributed by atoms with E-state index in [2.05, 4.69) is 27.7 Å². The van der Waals surface area contributed by atoms with Crippen LogP contribution >= 0.6 is 0 Å². The van der Waals surface area contributed by atoms with Gasteiger partial charge in [0.15, 0.2) is 0 Å². The molecule has 164 valence electrons. The second-order valence-corrected chi connectivity index (χ2v) is 9.87. The van der Waals surface area contributed by atoms with Crippen LogP contribution in [0.5, 0.6) is 0 Å². The van der Waals surface area contributed by atoms with Crippen molar-refractivity contribution in [1.82, 2.24) is 0 Å². The van der Waals surface area contributed by atoms with Crippen LogP contribution < -0.4 is 0 Å². The van der Waals surface area contributed by atoms with E-state index in [1.54, 1.807) is 0 Å². The van der Waals surface area contributed by atoms with Gasteiger partial charge in [-0.2, -0.15) is 0 Å². The zero-order valence-electron chi connectivity index (χ0n) is 18.9. The van der Waals surface area contributed by atoms with Gasteiger partial charge >= 0.3 is 11.9 Å². The SMILES string of the molecule is CCCC(C)(C)COC(=O)CCCCCCCC(=O)OCC1(C)CCCCC1. The maximum Gasteiger partial charge on any atom is 0.305 e. The molecule has 4 nitrogen and oxygen atoms in total. The summed E-state index contributed by atoms with van der Waals surface area (Å²) in [5.41, 5.74) is 0.279. The third-order valence-corrected chi connectivity index (χ3v) is 5.95. The molecule has 28 heavy (non-hydrogen) atoms. The van der Waals surface area contributed by atoms with E-state index in [9.17, 15) is 9.59 Å². The number of unbranched alkanes of at least 4 members (excludes halogenated alkanes) is 4. The fraction of sp³-hybridized carbons (Fsp3) is 0.917. The standard InChI is InChI=1S/C24H44O4/c1-5-16-23(2,3)19-27-21(25)14-10-7-6-8-11-15-22(26)28-20-24(4)17-12-9-13-18-24/h5-20H2,1-4H3. The largest absolute Gasteiger partial charge is 0.465 e. The zero-order chi connectivity index (χ0) is 20.9. The molecular weight excluding hydrogens is 352 g/mol. The summed E-state index contributed by atoms with van der Waals surface area (Å²) in [5.74, 6) is -0.131. The lowest BCUT2D eigenvalue weighted by Crippen LogP contribution is -2.27. The van der Waals surface area contributed by atoms with Gasteiger partial charge in [-0.15, -0.1) is 0 Å². The van der Waals surface area contributed by atoms with Crippen LogP contribution in [0.2, 0.25) is 0 Å². The molecule has 1 aliphatic carbocycles. The highest BCUT2D eigenvalue weighted by molar-refractivity contribution is 5.69. The van der Waals surface area contributed by atoms with Crippen molar-refractivity contribution in [2.75, 3.05) is 13.2 Å². The molecule has 1 saturated carbocycles. The molecule has 4 heteroatoms. The summed E-state index contributed by atoms with van der Waals surface area (Å²) in [6.45, 7) is 9.79. The zero-order valence-corrected chi connectivity index (χ0v) is 18.9. The number of hydrogen-bond acceptors (Lipinski definition) is 4. The molecule has 0 radical (unpaired) electrons. The molecule has 0 atom stereocenters. The fourth-order valence-corrected chi connectivity index (χ4v) is 4.04. The van der Waals surface area contributed by atoms with Crippen molar-refractivity contribution < 1.29 is 19.1 Å². The summed E-state index contributed by atoms with van der Waals surface area (Å²) in [7, 11) is 0. The molecule has 0 N–H and O–H groups in total. The first kappa shape index (κ1) is 25.0. The summed E-state index contributed by atoms with van der Waals surface area (Å²) in [4.78, 5) is 23.7. The smallest absolute Gasteiger partial charge is 0.305 e. The molecule has 0 amide bonds. The van der Waals surface area contributed by atoms with Crippen LogP contribution in [-0.4, -0.2) is 25.2 Å². The lowest BCUT2D eigenvalue weighted by atomic mass is 9.76. The Labute approximate surface area is 173 Å². The molecule has 1 aliphatic rings. The highest BCUT2D eigenvalue weighted by atomic mass is 16.5. The van der Waals surface area contributed by atoms with Gasteiger partial charge in [0.1, 0.15) is 0 Å². The minimum atomic E-state index is -0.0797. The van der Waals surface area contributed by atoms with E-state index in [4.69, 9.17) is 9.47 Å². The molecule has 0 saturated heterocycles. The molecule has 0 unspecified atom stereocenters. The van der Waals surface area contributed by atoms with Crippen LogP contribution in [0.15, 0.2) is 0 Å². The Morgan fingerprint density at radius 2 is 1.39 bits per heavy atom. The van der Waals surface area contributed by atoms with Crippen LogP contribution in [0.3, 0.4) is 0 Å². The van der Waals surface area contributed by atoms with E-state index < -0.39 is 0 Å². The van der Waals surface area contributed by atoms with Gasteiger partial charge in [0, 0.05) is 18.3 Å². The predicted molar refractivity (Wildman–Crippen MR) is 114 cm³/mol. The molecule has 0 aromatic carbocycles. The summed E-state index contributed by atoms with van der Waals surface area (Å²) in [6, 6.07) is 0. The first-order chi connectivity index (χ1) is 13.3. The Hall–Kier alpha value is -1.06. The Bertz CT molecular complexity index is 450. The van der Waals surface area contributed by atoms with E-state index in [1.165, 1.54) is 32.1 Å². The molecule has 0 aromatic rings. The minimum absolute atomic E-state index is 0.0509. The molecule has 0 spiro atoms. The molecule has 0 heterocycles. The van der Waals surface area contributed by atoms with E-state index in [1.807, 2.05) is 0 Å². The molecule has 0 aliphatic heterocycles. The van der Waals surface area contributed by atoms with E-state index in [0.29, 0.717) is 26.1 Å². The summed E-state index contributed by atoms with van der Waals surface area (Å²) < 4.78 is 10.9. The number of carbonyl (C=O) groups excluding carboxylic acids is 2. The Kier molecular flexibility index (Phi) is 11.8. The Balaban J connectivity index is 1.96. The van der Waals surface area contributed by atoms with Crippen molar-refractivity contribution in [1.29, 1.82) is 0 Å². The van der Waals surface area contributed by atoms with Gasteiger partial charge in [-0.25, -0.2) is 0 Å². The molecule has 0 bridgehead atoms. The van der Waals surface area contributed by atoms with Gasteiger partial charge in [0.2, 0.25) is 0 Å². The van der Waals surface area contributed by atoms with Crippen molar-refractivity contribution >= 4 is 11.9 Å². The number of rotatable bonds is 14. The lowest BCUT2D eigenvalue weighted by molar-refractivity contribution is -0.148. The monoisotopic (exact) mass is 396 g/mol. The quantitative estimate of drug-likeness (QED) is 0.245. The first-order valence-electron chi connectivity index (χ1n) is 11.6. The Morgan fingerprint density at radius 1 is 0.857 bits per heavy atom. The van der Waals surface area contributed by atoms with Crippen molar-refractivity contribution in [3.8, 4) is 0 Å². The maximum atomic E-state index is 11.9. The van der Waals surface area contributed by atoms with Gasteiger partial charge in [-0.05, 0) is 37.5 Å². The van der Waals surface area contributed by atoms with E-state index in [0.717, 1.165) is 44.9 Å². The number of hydrogen-bond donors (Lipinski definition) is 0. The lowest BCUT2D eigenvalue weighted by Gasteiger charge is -2.32. The fourth-order valence-electron chi connectivity index (χ4n) is 4.04. The first-order valence-corrected chi connectivity index (χ1v) is 11.6. The third-order valence-electron chi connectivity index (χ3n) is 5.95.